The second kappa shape index (κ2) is 5.26. The van der Waals surface area contributed by atoms with Gasteiger partial charge in [-0.1, -0.05) is 0 Å². The summed E-state index contributed by atoms with van der Waals surface area (Å²) < 4.78 is 4.86. The lowest BCUT2D eigenvalue weighted by Gasteiger charge is -2.13. The van der Waals surface area contributed by atoms with E-state index in [9.17, 15) is 14.9 Å². The molecule has 7 heteroatoms. The zero-order valence-electron chi connectivity index (χ0n) is 9.67. The van der Waals surface area contributed by atoms with Gasteiger partial charge in [-0.2, -0.15) is 0 Å². The third-order valence-electron chi connectivity index (χ3n) is 2.18. The number of nitrogens with zero attached hydrogens (tertiary/aromatic N) is 2. The van der Waals surface area contributed by atoms with Crippen LogP contribution in [-0.2, 0) is 4.84 Å². The van der Waals surface area contributed by atoms with Crippen molar-refractivity contribution < 1.29 is 19.3 Å². The van der Waals surface area contributed by atoms with E-state index in [0.29, 0.717) is 0 Å². The van der Waals surface area contributed by atoms with Crippen LogP contribution in [0.15, 0.2) is 18.2 Å². The number of nitro benzene ring substituents is 1. The highest BCUT2D eigenvalue weighted by atomic mass is 16.7. The molecule has 0 atom stereocenters. The van der Waals surface area contributed by atoms with Crippen LogP contribution in [0.2, 0.25) is 0 Å². The predicted molar refractivity (Wildman–Crippen MR) is 58.8 cm³/mol. The lowest BCUT2D eigenvalue weighted by molar-refractivity contribution is -0.385. The van der Waals surface area contributed by atoms with Crippen LogP contribution in [0.5, 0.6) is 5.75 Å². The Morgan fingerprint density at radius 1 is 1.41 bits per heavy atom. The Balaban J connectivity index is 3.13. The molecule has 0 aliphatic carbocycles. The molecule has 0 aliphatic rings. The Kier molecular flexibility index (Phi) is 4.00. The summed E-state index contributed by atoms with van der Waals surface area (Å²) in [6.07, 6.45) is 0. The number of methoxy groups -OCH3 is 1. The zero-order chi connectivity index (χ0) is 13.0. The lowest BCUT2D eigenvalue weighted by Crippen LogP contribution is -2.25. The number of hydrogen-bond donors (Lipinski definition) is 0. The van der Waals surface area contributed by atoms with Gasteiger partial charge in [-0.05, 0) is 6.07 Å². The number of carbonyl (C=O) groups is 1. The van der Waals surface area contributed by atoms with Gasteiger partial charge in [-0.3, -0.25) is 19.7 Å². The van der Waals surface area contributed by atoms with Crippen molar-refractivity contribution >= 4 is 11.6 Å². The highest BCUT2D eigenvalue weighted by molar-refractivity contribution is 5.94. The van der Waals surface area contributed by atoms with Crippen molar-refractivity contribution in [3.05, 3.63) is 33.9 Å². The predicted octanol–water partition coefficient (Wildman–Crippen LogP) is 1.24. The molecule has 17 heavy (non-hydrogen) atoms. The van der Waals surface area contributed by atoms with Gasteiger partial charge in [0.05, 0.1) is 19.1 Å². The second-order valence-corrected chi connectivity index (χ2v) is 3.13. The molecule has 7 nitrogen and oxygen atoms in total. The first kappa shape index (κ1) is 12.9. The Morgan fingerprint density at radius 3 is 2.53 bits per heavy atom. The van der Waals surface area contributed by atoms with Gasteiger partial charge in [-0.25, -0.2) is 5.06 Å². The quantitative estimate of drug-likeness (QED) is 0.584. The number of nitro groups is 1. The molecule has 0 saturated carbocycles. The van der Waals surface area contributed by atoms with Crippen LogP contribution in [0, 0.1) is 10.1 Å². The highest BCUT2D eigenvalue weighted by Gasteiger charge is 2.19. The fourth-order valence-electron chi connectivity index (χ4n) is 1.23. The minimum Gasteiger partial charge on any atom is -0.490 e. The van der Waals surface area contributed by atoms with Crippen LogP contribution in [0.25, 0.3) is 0 Å². The van der Waals surface area contributed by atoms with E-state index in [1.165, 1.54) is 39.5 Å². The summed E-state index contributed by atoms with van der Waals surface area (Å²) in [7, 11) is 4.09. The second-order valence-electron chi connectivity index (χ2n) is 3.13. The third-order valence-corrected chi connectivity index (χ3v) is 2.18. The number of hydroxylamine groups is 2. The average Bonchev–Trinajstić information content (AvgIpc) is 2.35. The smallest absolute Gasteiger partial charge is 0.310 e. The van der Waals surface area contributed by atoms with Gasteiger partial charge in [-0.15, -0.1) is 0 Å². The molecule has 92 valence electrons. The van der Waals surface area contributed by atoms with E-state index < -0.39 is 10.8 Å². The van der Waals surface area contributed by atoms with E-state index in [4.69, 9.17) is 9.57 Å². The van der Waals surface area contributed by atoms with Gasteiger partial charge in [0, 0.05) is 24.7 Å². The summed E-state index contributed by atoms with van der Waals surface area (Å²) in [5, 5.41) is 11.7. The Labute approximate surface area is 97.6 Å². The summed E-state index contributed by atoms with van der Waals surface area (Å²) >= 11 is 0. The molecule has 0 heterocycles. The van der Waals surface area contributed by atoms with E-state index in [1.54, 1.807) is 0 Å². The summed E-state index contributed by atoms with van der Waals surface area (Å²) in [5.41, 5.74) is 0.0564. The molecule has 0 bridgehead atoms. The van der Waals surface area contributed by atoms with Crippen molar-refractivity contribution in [2.45, 2.75) is 0 Å². The maximum Gasteiger partial charge on any atom is 0.310 e. The average molecular weight is 240 g/mol. The standard InChI is InChI=1S/C10H12N2O5/c1-11(17-3)10(13)7-4-5-8(12(14)15)9(6-7)16-2/h4-6H,1-3H3. The summed E-state index contributed by atoms with van der Waals surface area (Å²) in [6, 6.07) is 3.87. The van der Waals surface area contributed by atoms with Crippen molar-refractivity contribution in [1.82, 2.24) is 5.06 Å². The monoisotopic (exact) mass is 240 g/mol. The molecule has 0 radical (unpaired) electrons. The number of rotatable bonds is 4. The SMILES string of the molecule is COc1cc(C(=O)N(C)OC)ccc1[N+](=O)[O-]. The molecule has 1 amide bonds. The minimum atomic E-state index is -0.576. The molecule has 0 N–H and O–H groups in total. The van der Waals surface area contributed by atoms with Gasteiger partial charge in [0.15, 0.2) is 5.75 Å². The normalized spacial score (nSPS) is 9.82. The molecule has 0 aromatic heterocycles. The fraction of sp³-hybridized carbons (Fsp3) is 0.300. The van der Waals surface area contributed by atoms with E-state index >= 15 is 0 Å². The van der Waals surface area contributed by atoms with Gasteiger partial charge in [0.1, 0.15) is 0 Å². The Hall–Kier alpha value is -2.15. The number of ether oxygens (including phenoxy) is 1. The molecule has 0 fully saturated rings. The van der Waals surface area contributed by atoms with E-state index in [-0.39, 0.29) is 17.0 Å². The van der Waals surface area contributed by atoms with Crippen LogP contribution in [-0.4, -0.2) is 37.2 Å². The number of benzene rings is 1. The van der Waals surface area contributed by atoms with Crippen molar-refractivity contribution in [2.24, 2.45) is 0 Å². The summed E-state index contributed by atoms with van der Waals surface area (Å²) in [4.78, 5) is 26.5. The summed E-state index contributed by atoms with van der Waals surface area (Å²) in [5.74, 6) is -0.383. The minimum absolute atomic E-state index is 0.0327. The largest absolute Gasteiger partial charge is 0.490 e. The van der Waals surface area contributed by atoms with E-state index in [2.05, 4.69) is 0 Å². The highest BCUT2D eigenvalue weighted by Crippen LogP contribution is 2.27. The molecular weight excluding hydrogens is 228 g/mol. The van der Waals surface area contributed by atoms with Crippen molar-refractivity contribution in [3.8, 4) is 5.75 Å². The molecule has 0 unspecified atom stereocenters. The molecule has 1 aromatic carbocycles. The van der Waals surface area contributed by atoms with Gasteiger partial charge in [0.25, 0.3) is 5.91 Å². The van der Waals surface area contributed by atoms with Crippen LogP contribution in [0.1, 0.15) is 10.4 Å². The molecule has 0 aliphatic heterocycles. The first-order valence-corrected chi connectivity index (χ1v) is 4.65. The molecule has 1 rings (SSSR count). The maximum atomic E-state index is 11.7. The van der Waals surface area contributed by atoms with Gasteiger partial charge in [0.2, 0.25) is 0 Å². The third kappa shape index (κ3) is 2.70. The van der Waals surface area contributed by atoms with Gasteiger partial charge < -0.3 is 4.74 Å². The van der Waals surface area contributed by atoms with Crippen LogP contribution >= 0.6 is 0 Å². The molecule has 0 spiro atoms. The first-order valence-electron chi connectivity index (χ1n) is 4.65. The number of amides is 1. The van der Waals surface area contributed by atoms with Crippen molar-refractivity contribution in [1.29, 1.82) is 0 Å². The van der Waals surface area contributed by atoms with Crippen LogP contribution in [0.3, 0.4) is 0 Å². The number of carbonyl (C=O) groups excluding carboxylic acids is 1. The van der Waals surface area contributed by atoms with Gasteiger partial charge >= 0.3 is 5.69 Å². The fourth-order valence-corrected chi connectivity index (χ4v) is 1.23. The topological polar surface area (TPSA) is 81.9 Å². The van der Waals surface area contributed by atoms with Crippen LogP contribution in [0.4, 0.5) is 5.69 Å². The maximum absolute atomic E-state index is 11.7. The van der Waals surface area contributed by atoms with Crippen LogP contribution < -0.4 is 4.74 Å². The number of hydrogen-bond acceptors (Lipinski definition) is 5. The zero-order valence-corrected chi connectivity index (χ0v) is 9.67. The lowest BCUT2D eigenvalue weighted by atomic mass is 10.2. The summed E-state index contributed by atoms with van der Waals surface area (Å²) in [6.45, 7) is 0. The Morgan fingerprint density at radius 2 is 2.06 bits per heavy atom. The van der Waals surface area contributed by atoms with E-state index in [0.717, 1.165) is 5.06 Å². The molecule has 1 aromatic rings. The van der Waals surface area contributed by atoms with E-state index in [1.807, 2.05) is 0 Å². The van der Waals surface area contributed by atoms with Crippen molar-refractivity contribution in [3.63, 3.8) is 0 Å². The van der Waals surface area contributed by atoms with Crippen molar-refractivity contribution in [2.75, 3.05) is 21.3 Å². The molecule has 0 saturated heterocycles. The Bertz CT molecular complexity index is 446. The molecular formula is C10H12N2O5. The first-order chi connectivity index (χ1) is 8.01.